The van der Waals surface area contributed by atoms with Crippen LogP contribution in [0.3, 0.4) is 0 Å². The molecule has 0 aromatic heterocycles. The molecule has 2 unspecified atom stereocenters. The number of hydrogen-bond donors (Lipinski definition) is 3. The van der Waals surface area contributed by atoms with Gasteiger partial charge in [-0.2, -0.15) is 0 Å². The van der Waals surface area contributed by atoms with E-state index in [9.17, 15) is 43.2 Å². The quantitative estimate of drug-likeness (QED) is 0.0222. The molecule has 0 aliphatic carbocycles. The Kier molecular flexibility index (Phi) is 75.4. The van der Waals surface area contributed by atoms with Gasteiger partial charge in [-0.15, -0.1) is 0 Å². The van der Waals surface area contributed by atoms with Gasteiger partial charge in [-0.1, -0.05) is 401 Å². The highest BCUT2D eigenvalue weighted by atomic mass is 31.2. The average molecular weight is 1510 g/mol. The second-order valence-electron chi connectivity index (χ2n) is 30.7. The van der Waals surface area contributed by atoms with E-state index in [1.54, 1.807) is 0 Å². The number of unbranched alkanes of at least 4 members (excludes halogenated alkanes) is 56. The van der Waals surface area contributed by atoms with Crippen LogP contribution in [-0.2, 0) is 65.4 Å². The molecule has 0 saturated heterocycles. The van der Waals surface area contributed by atoms with Crippen LogP contribution in [0, 0.1) is 5.92 Å². The molecule has 0 bridgehead atoms. The highest BCUT2D eigenvalue weighted by Crippen LogP contribution is 2.45. The number of aliphatic hydroxyl groups is 1. The molecule has 103 heavy (non-hydrogen) atoms. The van der Waals surface area contributed by atoms with Crippen molar-refractivity contribution in [2.24, 2.45) is 5.92 Å². The lowest BCUT2D eigenvalue weighted by molar-refractivity contribution is -0.161. The maximum absolute atomic E-state index is 13.1. The van der Waals surface area contributed by atoms with Gasteiger partial charge in [-0.25, -0.2) is 9.13 Å². The van der Waals surface area contributed by atoms with Crippen LogP contribution in [0.4, 0.5) is 0 Å². The SMILES string of the molecule is CCCCCCCCCCCCCCCCCCCCCCCC(=O)O[C@H](COC(=O)CCCCCCCCCCCCCCCCCCCCC)COP(=O)(O)OC[C@@H](O)COP(=O)(O)OC[C@@H](COC(=O)CCCCCCCCCCC)OC(=O)CCCCCCCCCCCCCC(C)C. The number of phosphoric acid groups is 2. The van der Waals surface area contributed by atoms with Crippen molar-refractivity contribution in [1.29, 1.82) is 0 Å². The molecule has 0 aliphatic heterocycles. The molecule has 17 nitrogen and oxygen atoms in total. The summed E-state index contributed by atoms with van der Waals surface area (Å²) in [6.45, 7) is 7.33. The number of carbonyl (C=O) groups excluding carboxylic acids is 4. The van der Waals surface area contributed by atoms with E-state index < -0.39 is 97.5 Å². The van der Waals surface area contributed by atoms with Crippen molar-refractivity contribution in [3.63, 3.8) is 0 Å². The van der Waals surface area contributed by atoms with E-state index in [4.69, 9.17) is 37.0 Å². The summed E-state index contributed by atoms with van der Waals surface area (Å²) in [7, 11) is -9.92. The Balaban J connectivity index is 5.20. The molecule has 0 spiro atoms. The van der Waals surface area contributed by atoms with Crippen LogP contribution in [-0.4, -0.2) is 96.7 Å². The third-order valence-corrected chi connectivity index (χ3v) is 21.7. The molecule has 3 N–H and O–H groups in total. The first-order valence-electron chi connectivity index (χ1n) is 43.6. The number of ether oxygens (including phenoxy) is 4. The Labute approximate surface area is 632 Å². The number of rotatable bonds is 84. The van der Waals surface area contributed by atoms with Crippen LogP contribution in [0.25, 0.3) is 0 Å². The van der Waals surface area contributed by atoms with Gasteiger partial charge in [0.05, 0.1) is 26.4 Å². The minimum absolute atomic E-state index is 0.107. The predicted molar refractivity (Wildman–Crippen MR) is 423 cm³/mol. The van der Waals surface area contributed by atoms with Crippen molar-refractivity contribution in [2.45, 2.75) is 470 Å². The summed E-state index contributed by atoms with van der Waals surface area (Å²) in [6, 6.07) is 0. The van der Waals surface area contributed by atoms with E-state index >= 15 is 0 Å². The van der Waals surface area contributed by atoms with E-state index in [1.165, 1.54) is 276 Å². The van der Waals surface area contributed by atoms with E-state index in [2.05, 4.69) is 34.6 Å². The van der Waals surface area contributed by atoms with E-state index in [0.29, 0.717) is 25.7 Å². The van der Waals surface area contributed by atoms with Gasteiger partial charge in [0.2, 0.25) is 0 Å². The Hall–Kier alpha value is -1.94. The molecule has 0 aromatic carbocycles. The first-order chi connectivity index (χ1) is 50.0. The summed E-state index contributed by atoms with van der Waals surface area (Å²) in [5.74, 6) is -1.34. The van der Waals surface area contributed by atoms with Crippen LogP contribution in [0.1, 0.15) is 452 Å². The zero-order valence-corrected chi connectivity index (χ0v) is 69.3. The molecule has 0 amide bonds. The van der Waals surface area contributed by atoms with Gasteiger partial charge in [-0.3, -0.25) is 37.3 Å². The maximum atomic E-state index is 13.1. The van der Waals surface area contributed by atoms with Crippen molar-refractivity contribution < 1.29 is 80.2 Å². The zero-order chi connectivity index (χ0) is 75.5. The molecule has 612 valence electrons. The monoisotopic (exact) mass is 1510 g/mol. The summed E-state index contributed by atoms with van der Waals surface area (Å²) in [6.07, 6.45) is 69.6. The fourth-order valence-electron chi connectivity index (χ4n) is 13.1. The van der Waals surface area contributed by atoms with Crippen LogP contribution in [0.2, 0.25) is 0 Å². The molecule has 0 saturated carbocycles. The number of aliphatic hydroxyl groups excluding tert-OH is 1. The van der Waals surface area contributed by atoms with Gasteiger partial charge in [-0.05, 0) is 31.6 Å². The lowest BCUT2D eigenvalue weighted by atomic mass is 10.0. The number of phosphoric ester groups is 2. The fraction of sp³-hybridized carbons (Fsp3) is 0.952. The van der Waals surface area contributed by atoms with E-state index in [1.807, 2.05) is 0 Å². The molecule has 0 heterocycles. The molecule has 0 aromatic rings. The van der Waals surface area contributed by atoms with Crippen LogP contribution >= 0.6 is 15.6 Å². The lowest BCUT2D eigenvalue weighted by Crippen LogP contribution is -2.30. The predicted octanol–water partition coefficient (Wildman–Crippen LogP) is 25.6. The largest absolute Gasteiger partial charge is 0.472 e. The van der Waals surface area contributed by atoms with Gasteiger partial charge in [0.25, 0.3) is 0 Å². The molecule has 19 heteroatoms. The third-order valence-electron chi connectivity index (χ3n) is 19.8. The van der Waals surface area contributed by atoms with Gasteiger partial charge < -0.3 is 33.8 Å². The topological polar surface area (TPSA) is 237 Å². The van der Waals surface area contributed by atoms with Gasteiger partial charge >= 0.3 is 39.5 Å². The highest BCUT2D eigenvalue weighted by molar-refractivity contribution is 7.47. The summed E-state index contributed by atoms with van der Waals surface area (Å²) >= 11 is 0. The molecular formula is C84H164O17P2. The van der Waals surface area contributed by atoms with Gasteiger partial charge in [0.15, 0.2) is 12.2 Å². The minimum Gasteiger partial charge on any atom is -0.462 e. The normalized spacial score (nSPS) is 13.8. The van der Waals surface area contributed by atoms with Gasteiger partial charge in [0, 0.05) is 25.7 Å². The Bertz CT molecular complexity index is 1960. The summed E-state index contributed by atoms with van der Waals surface area (Å²) in [5, 5.41) is 10.7. The maximum Gasteiger partial charge on any atom is 0.472 e. The van der Waals surface area contributed by atoms with Crippen molar-refractivity contribution in [3.05, 3.63) is 0 Å². The lowest BCUT2D eigenvalue weighted by Gasteiger charge is -2.21. The number of carbonyl (C=O) groups is 4. The Morgan fingerprint density at radius 3 is 0.660 bits per heavy atom. The molecular weight excluding hydrogens is 1340 g/mol. The van der Waals surface area contributed by atoms with Crippen LogP contribution < -0.4 is 0 Å². The zero-order valence-electron chi connectivity index (χ0n) is 67.5. The second-order valence-corrected chi connectivity index (χ2v) is 33.6. The Morgan fingerprint density at radius 1 is 0.262 bits per heavy atom. The summed E-state index contributed by atoms with van der Waals surface area (Å²) in [5.41, 5.74) is 0. The first kappa shape index (κ1) is 101. The van der Waals surface area contributed by atoms with Crippen molar-refractivity contribution in [3.8, 4) is 0 Å². The van der Waals surface area contributed by atoms with Crippen LogP contribution in [0.5, 0.6) is 0 Å². The number of hydrogen-bond acceptors (Lipinski definition) is 15. The highest BCUT2D eigenvalue weighted by Gasteiger charge is 2.30. The molecule has 0 radical (unpaired) electrons. The minimum atomic E-state index is -4.96. The molecule has 5 atom stereocenters. The fourth-order valence-corrected chi connectivity index (χ4v) is 14.7. The summed E-state index contributed by atoms with van der Waals surface area (Å²) in [4.78, 5) is 73.1. The second kappa shape index (κ2) is 76.8. The number of esters is 4. The first-order valence-corrected chi connectivity index (χ1v) is 46.6. The Morgan fingerprint density at radius 2 is 0.447 bits per heavy atom. The van der Waals surface area contributed by atoms with Gasteiger partial charge in [0.1, 0.15) is 19.3 Å². The van der Waals surface area contributed by atoms with E-state index in [-0.39, 0.29) is 25.7 Å². The summed E-state index contributed by atoms with van der Waals surface area (Å²) < 4.78 is 68.8. The van der Waals surface area contributed by atoms with Crippen molar-refractivity contribution in [1.82, 2.24) is 0 Å². The average Bonchev–Trinajstić information content (AvgIpc) is 0.961. The standard InChI is InChI=1S/C84H164O17P2/c1-6-9-12-15-18-21-23-25-27-29-31-32-34-36-38-40-44-49-54-59-64-69-83(88)101-80(74-95-82(87)68-63-58-53-48-43-39-37-35-33-30-28-26-24-22-19-16-13-10-7-2)76-99-103(92,93)97-72-78(85)71-96-102(90,91)98-75-79(73-94-81(86)67-62-57-52-46-20-17-14-11-8-3)100-84(89)70-65-60-55-50-45-41-42-47-51-56-61-66-77(4)5/h77-80,85H,6-76H2,1-5H3,(H,90,91)(H,92,93)/t78-,79+,80+/m0/s1. The smallest absolute Gasteiger partial charge is 0.462 e. The third kappa shape index (κ3) is 78.0. The van der Waals surface area contributed by atoms with Crippen molar-refractivity contribution >= 4 is 39.5 Å². The molecule has 0 aliphatic rings. The van der Waals surface area contributed by atoms with E-state index in [0.717, 1.165) is 95.8 Å². The molecule has 0 rings (SSSR count). The van der Waals surface area contributed by atoms with Crippen molar-refractivity contribution in [2.75, 3.05) is 39.6 Å². The van der Waals surface area contributed by atoms with Crippen LogP contribution in [0.15, 0.2) is 0 Å². The molecule has 0 fully saturated rings.